The van der Waals surface area contributed by atoms with Gasteiger partial charge in [-0.1, -0.05) is 51.2 Å². The average Bonchev–Trinajstić information content (AvgIpc) is 2.89. The topological polar surface area (TPSA) is 83.8 Å². The van der Waals surface area contributed by atoms with Crippen LogP contribution in [0.25, 0.3) is 0 Å². The van der Waals surface area contributed by atoms with Crippen LogP contribution in [0.4, 0.5) is 0 Å². The van der Waals surface area contributed by atoms with E-state index in [0.29, 0.717) is 12.8 Å². The zero-order valence-corrected chi connectivity index (χ0v) is 17.3. The fourth-order valence-corrected chi connectivity index (χ4v) is 3.82. The van der Waals surface area contributed by atoms with Crippen molar-refractivity contribution in [1.82, 2.24) is 0 Å². The van der Waals surface area contributed by atoms with Crippen LogP contribution in [0, 0.1) is 11.8 Å². The molecule has 156 valence electrons. The summed E-state index contributed by atoms with van der Waals surface area (Å²) in [6.07, 6.45) is 11.7. The smallest absolute Gasteiger partial charge is 0.305 e. The molecule has 0 aliphatic heterocycles. The lowest BCUT2D eigenvalue weighted by Crippen LogP contribution is -2.23. The number of hydrogen-bond acceptors (Lipinski definition) is 5. The average molecular weight is 383 g/mol. The van der Waals surface area contributed by atoms with Gasteiger partial charge in [-0.2, -0.15) is 0 Å². The van der Waals surface area contributed by atoms with Crippen LogP contribution < -0.4 is 0 Å². The first-order valence-electron chi connectivity index (χ1n) is 10.5. The number of carbonyl (C=O) groups excluding carboxylic acids is 2. The highest BCUT2D eigenvalue weighted by atomic mass is 16.5. The SMILES string of the molecule is CCCC[C@@](C)(O)CC=C[C@@H]1[C@H](O)CC(=O)[C@H]1CCCCCCC(=O)OC. The molecule has 5 nitrogen and oxygen atoms in total. The van der Waals surface area contributed by atoms with Gasteiger partial charge in [0.15, 0.2) is 0 Å². The van der Waals surface area contributed by atoms with Gasteiger partial charge in [-0.3, -0.25) is 9.59 Å². The first-order chi connectivity index (χ1) is 12.8. The summed E-state index contributed by atoms with van der Waals surface area (Å²) in [6.45, 7) is 3.95. The van der Waals surface area contributed by atoms with Gasteiger partial charge in [0.1, 0.15) is 5.78 Å². The van der Waals surface area contributed by atoms with Crippen molar-refractivity contribution in [3.8, 4) is 0 Å². The number of ether oxygens (including phenoxy) is 1. The van der Waals surface area contributed by atoms with E-state index in [1.807, 2.05) is 19.1 Å². The van der Waals surface area contributed by atoms with Crippen LogP contribution in [0.1, 0.15) is 84.5 Å². The lowest BCUT2D eigenvalue weighted by molar-refractivity contribution is -0.140. The molecule has 27 heavy (non-hydrogen) atoms. The number of ketones is 1. The molecule has 0 radical (unpaired) electrons. The Balaban J connectivity index is 2.42. The van der Waals surface area contributed by atoms with Crippen molar-refractivity contribution in [3.05, 3.63) is 12.2 Å². The quantitative estimate of drug-likeness (QED) is 0.286. The standard InChI is InChI=1S/C22H38O5/c1-4-5-14-22(2,26)15-10-12-18-17(19(23)16-20(18)24)11-8-6-7-9-13-21(25)27-3/h10,12,17-18,20,24,26H,4-9,11,13-16H2,1-3H3/t17-,18-,20+,22+/m0/s1. The molecule has 4 atom stereocenters. The Hall–Kier alpha value is -1.20. The van der Waals surface area contributed by atoms with Crippen LogP contribution in [0.2, 0.25) is 0 Å². The molecule has 1 saturated carbocycles. The Morgan fingerprint density at radius 3 is 2.63 bits per heavy atom. The number of esters is 1. The van der Waals surface area contributed by atoms with Gasteiger partial charge in [-0.25, -0.2) is 0 Å². The molecule has 0 spiro atoms. The summed E-state index contributed by atoms with van der Waals surface area (Å²) >= 11 is 0. The summed E-state index contributed by atoms with van der Waals surface area (Å²) in [6, 6.07) is 0. The zero-order valence-electron chi connectivity index (χ0n) is 17.3. The van der Waals surface area contributed by atoms with E-state index in [9.17, 15) is 19.8 Å². The summed E-state index contributed by atoms with van der Waals surface area (Å²) in [5.41, 5.74) is -0.727. The molecule has 0 saturated heterocycles. The fraction of sp³-hybridized carbons (Fsp3) is 0.818. The maximum Gasteiger partial charge on any atom is 0.305 e. The molecule has 1 aliphatic carbocycles. The molecule has 0 aromatic carbocycles. The lowest BCUT2D eigenvalue weighted by atomic mass is 9.87. The maximum absolute atomic E-state index is 12.2. The third-order valence-electron chi connectivity index (χ3n) is 5.59. The predicted octanol–water partition coefficient (Wildman–Crippen LogP) is 3.95. The van der Waals surface area contributed by atoms with Crippen molar-refractivity contribution in [3.63, 3.8) is 0 Å². The molecular formula is C22H38O5. The Morgan fingerprint density at radius 2 is 1.96 bits per heavy atom. The summed E-state index contributed by atoms with van der Waals surface area (Å²) < 4.78 is 4.62. The molecule has 0 aromatic rings. The molecule has 0 bridgehead atoms. The van der Waals surface area contributed by atoms with Crippen molar-refractivity contribution in [2.75, 3.05) is 7.11 Å². The number of aliphatic hydroxyl groups excluding tert-OH is 1. The number of hydrogen-bond donors (Lipinski definition) is 2. The molecular weight excluding hydrogens is 344 g/mol. The summed E-state index contributed by atoms with van der Waals surface area (Å²) in [5.74, 6) is -0.305. The Bertz CT molecular complexity index is 483. The predicted molar refractivity (Wildman–Crippen MR) is 106 cm³/mol. The Kier molecular flexibility index (Phi) is 10.9. The molecule has 5 heteroatoms. The second kappa shape index (κ2) is 12.3. The third-order valence-corrected chi connectivity index (χ3v) is 5.59. The number of rotatable bonds is 13. The molecule has 0 amide bonds. The van der Waals surface area contributed by atoms with Crippen molar-refractivity contribution in [2.24, 2.45) is 11.8 Å². The second-order valence-corrected chi connectivity index (χ2v) is 8.18. The van der Waals surface area contributed by atoms with Gasteiger partial charge in [0, 0.05) is 24.7 Å². The highest BCUT2D eigenvalue weighted by molar-refractivity contribution is 5.84. The number of unbranched alkanes of at least 4 members (excludes halogenated alkanes) is 4. The summed E-state index contributed by atoms with van der Waals surface area (Å²) in [4.78, 5) is 23.3. The zero-order chi connectivity index (χ0) is 20.3. The van der Waals surface area contributed by atoms with Gasteiger partial charge in [0.2, 0.25) is 0 Å². The largest absolute Gasteiger partial charge is 0.469 e. The first kappa shape index (κ1) is 23.8. The maximum atomic E-state index is 12.2. The van der Waals surface area contributed by atoms with E-state index < -0.39 is 11.7 Å². The molecule has 0 aromatic heterocycles. The minimum Gasteiger partial charge on any atom is -0.469 e. The van der Waals surface area contributed by atoms with Crippen LogP contribution in [0.5, 0.6) is 0 Å². The van der Waals surface area contributed by atoms with E-state index >= 15 is 0 Å². The first-order valence-corrected chi connectivity index (χ1v) is 10.5. The number of aliphatic hydroxyl groups is 2. The van der Waals surface area contributed by atoms with Crippen molar-refractivity contribution in [2.45, 2.75) is 96.2 Å². The highest BCUT2D eigenvalue weighted by Crippen LogP contribution is 2.34. The number of carbonyl (C=O) groups is 2. The van der Waals surface area contributed by atoms with Crippen molar-refractivity contribution < 1.29 is 24.5 Å². The molecule has 1 rings (SSSR count). The molecule has 2 N–H and O–H groups in total. The van der Waals surface area contributed by atoms with Crippen molar-refractivity contribution >= 4 is 11.8 Å². The van der Waals surface area contributed by atoms with Crippen LogP contribution in [0.15, 0.2) is 12.2 Å². The summed E-state index contributed by atoms with van der Waals surface area (Å²) in [5, 5.41) is 20.6. The number of Topliss-reactive ketones (excluding diaryl/α,β-unsaturated/α-hetero) is 1. The monoisotopic (exact) mass is 382 g/mol. The number of methoxy groups -OCH3 is 1. The van der Waals surface area contributed by atoms with E-state index in [1.54, 1.807) is 0 Å². The molecule has 1 aliphatic rings. The van der Waals surface area contributed by atoms with Gasteiger partial charge in [-0.15, -0.1) is 0 Å². The van der Waals surface area contributed by atoms with E-state index in [-0.39, 0.29) is 30.0 Å². The normalized spacial score (nSPS) is 25.1. The van der Waals surface area contributed by atoms with Crippen LogP contribution >= 0.6 is 0 Å². The van der Waals surface area contributed by atoms with Crippen molar-refractivity contribution in [1.29, 1.82) is 0 Å². The molecule has 1 fully saturated rings. The van der Waals surface area contributed by atoms with E-state index in [4.69, 9.17) is 0 Å². The van der Waals surface area contributed by atoms with Crippen LogP contribution in [0.3, 0.4) is 0 Å². The minimum atomic E-state index is -0.727. The third kappa shape index (κ3) is 9.02. The van der Waals surface area contributed by atoms with Gasteiger partial charge < -0.3 is 14.9 Å². The minimum absolute atomic E-state index is 0.127. The van der Waals surface area contributed by atoms with Crippen LogP contribution in [-0.2, 0) is 14.3 Å². The molecule has 0 heterocycles. The fourth-order valence-electron chi connectivity index (χ4n) is 3.82. The molecule has 0 unspecified atom stereocenters. The second-order valence-electron chi connectivity index (χ2n) is 8.18. The van der Waals surface area contributed by atoms with Gasteiger partial charge in [0.25, 0.3) is 0 Å². The Labute approximate surface area is 164 Å². The van der Waals surface area contributed by atoms with E-state index in [1.165, 1.54) is 7.11 Å². The highest BCUT2D eigenvalue weighted by Gasteiger charge is 2.39. The summed E-state index contributed by atoms with van der Waals surface area (Å²) in [7, 11) is 1.40. The van der Waals surface area contributed by atoms with Gasteiger partial charge >= 0.3 is 5.97 Å². The van der Waals surface area contributed by atoms with E-state index in [0.717, 1.165) is 51.4 Å². The van der Waals surface area contributed by atoms with Gasteiger partial charge in [0.05, 0.1) is 18.8 Å². The Morgan fingerprint density at radius 1 is 1.26 bits per heavy atom. The lowest BCUT2D eigenvalue weighted by Gasteiger charge is -2.22. The van der Waals surface area contributed by atoms with Crippen LogP contribution in [-0.4, -0.2) is 40.8 Å². The van der Waals surface area contributed by atoms with E-state index in [2.05, 4.69) is 11.7 Å². The van der Waals surface area contributed by atoms with Gasteiger partial charge in [-0.05, 0) is 32.6 Å².